The number of anilines is 3. The molecule has 0 aliphatic carbocycles. The first kappa shape index (κ1) is 24.5. The number of ether oxygens (including phenoxy) is 1. The number of rotatable bonds is 5. The molecule has 1 fully saturated rings. The van der Waals surface area contributed by atoms with E-state index in [0.717, 1.165) is 12.1 Å². The predicted molar refractivity (Wildman–Crippen MR) is 129 cm³/mol. The summed E-state index contributed by atoms with van der Waals surface area (Å²) in [7, 11) is 3.68. The molecule has 186 valence electrons. The summed E-state index contributed by atoms with van der Waals surface area (Å²) in [6, 6.07) is 7.02. The number of carbonyl (C=O) groups is 1. The molecule has 2 aromatic carbocycles. The molecule has 2 heterocycles. The lowest BCUT2D eigenvalue weighted by Gasteiger charge is -2.28. The first-order chi connectivity index (χ1) is 16.5. The normalized spacial score (nSPS) is 14.3. The van der Waals surface area contributed by atoms with Gasteiger partial charge in [-0.2, -0.15) is 13.2 Å². The van der Waals surface area contributed by atoms with Crippen molar-refractivity contribution in [1.82, 2.24) is 14.9 Å². The average molecular weight is 489 g/mol. The number of benzene rings is 2. The number of nitrogens with one attached hydrogen (secondary N) is 1. The number of morpholine rings is 1. The van der Waals surface area contributed by atoms with Gasteiger partial charge in [0.15, 0.2) is 0 Å². The maximum atomic E-state index is 13.3. The quantitative estimate of drug-likeness (QED) is 0.529. The highest BCUT2D eigenvalue weighted by Gasteiger charge is 2.31. The molecule has 3 aromatic rings. The monoisotopic (exact) mass is 488 g/mol. The first-order valence-corrected chi connectivity index (χ1v) is 11.1. The molecule has 4 rings (SSSR count). The standard InChI is InChI=1S/C24H27F3N6O2/c1-14-30-20-11-19(23(34)33-4-6-35-7-5-33)21(32(2)3)12-18(20)22(31-14)29-13-15-8-16(24(25,26)27)10-17(28)9-15/h8-12H,4-7,13,28H2,1-3H3,(H,29,30,31). The highest BCUT2D eigenvalue weighted by molar-refractivity contribution is 6.05. The number of hydrogen-bond donors (Lipinski definition) is 2. The van der Waals surface area contributed by atoms with Gasteiger partial charge in [-0.1, -0.05) is 0 Å². The van der Waals surface area contributed by atoms with Crippen LogP contribution in [0.4, 0.5) is 30.4 Å². The Morgan fingerprint density at radius 2 is 1.86 bits per heavy atom. The summed E-state index contributed by atoms with van der Waals surface area (Å²) < 4.78 is 44.9. The van der Waals surface area contributed by atoms with Gasteiger partial charge in [0.2, 0.25) is 0 Å². The summed E-state index contributed by atoms with van der Waals surface area (Å²) >= 11 is 0. The minimum absolute atomic E-state index is 0.0292. The molecule has 0 spiro atoms. The summed E-state index contributed by atoms with van der Waals surface area (Å²) in [5, 5.41) is 3.78. The molecule has 11 heteroatoms. The number of nitrogens with two attached hydrogens (primary N) is 1. The van der Waals surface area contributed by atoms with Gasteiger partial charge in [0.25, 0.3) is 5.91 Å². The zero-order valence-corrected chi connectivity index (χ0v) is 19.7. The van der Waals surface area contributed by atoms with E-state index in [1.165, 1.54) is 6.07 Å². The maximum absolute atomic E-state index is 13.3. The molecule has 1 amide bonds. The van der Waals surface area contributed by atoms with Crippen LogP contribution >= 0.6 is 0 Å². The van der Waals surface area contributed by atoms with Gasteiger partial charge < -0.3 is 25.6 Å². The van der Waals surface area contributed by atoms with E-state index in [9.17, 15) is 18.0 Å². The Morgan fingerprint density at radius 3 is 2.51 bits per heavy atom. The second-order valence-electron chi connectivity index (χ2n) is 8.62. The number of halogens is 3. The van der Waals surface area contributed by atoms with Gasteiger partial charge in [-0.3, -0.25) is 4.79 Å². The van der Waals surface area contributed by atoms with Crippen LogP contribution in [0, 0.1) is 6.92 Å². The van der Waals surface area contributed by atoms with Crippen LogP contribution in [0.25, 0.3) is 10.9 Å². The van der Waals surface area contributed by atoms with E-state index in [1.807, 2.05) is 25.1 Å². The molecular weight excluding hydrogens is 461 g/mol. The van der Waals surface area contributed by atoms with Crippen LogP contribution in [0.3, 0.4) is 0 Å². The lowest BCUT2D eigenvalue weighted by Crippen LogP contribution is -2.41. The van der Waals surface area contributed by atoms with E-state index in [2.05, 4.69) is 15.3 Å². The topological polar surface area (TPSA) is 96.6 Å². The summed E-state index contributed by atoms with van der Waals surface area (Å²) in [5.74, 6) is 0.812. The van der Waals surface area contributed by atoms with E-state index in [1.54, 1.807) is 17.9 Å². The fourth-order valence-corrected chi connectivity index (χ4v) is 4.06. The van der Waals surface area contributed by atoms with Crippen molar-refractivity contribution in [1.29, 1.82) is 0 Å². The van der Waals surface area contributed by atoms with Crippen LogP contribution in [0.2, 0.25) is 0 Å². The van der Waals surface area contributed by atoms with Gasteiger partial charge in [-0.15, -0.1) is 0 Å². The Kier molecular flexibility index (Phi) is 6.70. The average Bonchev–Trinajstić information content (AvgIpc) is 2.80. The van der Waals surface area contributed by atoms with Crippen molar-refractivity contribution in [3.8, 4) is 0 Å². The number of carbonyl (C=O) groups excluding carboxylic acids is 1. The van der Waals surface area contributed by atoms with Crippen molar-refractivity contribution < 1.29 is 22.7 Å². The molecule has 0 radical (unpaired) electrons. The highest BCUT2D eigenvalue weighted by Crippen LogP contribution is 2.33. The number of nitrogens with zero attached hydrogens (tertiary/aromatic N) is 4. The first-order valence-electron chi connectivity index (χ1n) is 11.1. The molecule has 3 N–H and O–H groups in total. The number of alkyl halides is 3. The zero-order chi connectivity index (χ0) is 25.3. The summed E-state index contributed by atoms with van der Waals surface area (Å²) in [6.45, 7) is 3.80. The predicted octanol–water partition coefficient (Wildman–Crippen LogP) is 3.69. The van der Waals surface area contributed by atoms with Crippen LogP contribution in [0.5, 0.6) is 0 Å². The van der Waals surface area contributed by atoms with Gasteiger partial charge in [-0.25, -0.2) is 9.97 Å². The second kappa shape index (κ2) is 9.57. The molecule has 1 saturated heterocycles. The number of hydrogen-bond acceptors (Lipinski definition) is 7. The summed E-state index contributed by atoms with van der Waals surface area (Å²) in [5.41, 5.74) is 7.05. The number of fused-ring (bicyclic) bond motifs is 1. The van der Waals surface area contributed by atoms with Crippen LogP contribution in [0.15, 0.2) is 30.3 Å². The largest absolute Gasteiger partial charge is 0.416 e. The van der Waals surface area contributed by atoms with Crippen LogP contribution in [0.1, 0.15) is 27.3 Å². The third-order valence-corrected chi connectivity index (χ3v) is 5.74. The van der Waals surface area contributed by atoms with Gasteiger partial charge in [-0.05, 0) is 42.8 Å². The second-order valence-corrected chi connectivity index (χ2v) is 8.62. The molecule has 0 atom stereocenters. The van der Waals surface area contributed by atoms with Crippen molar-refractivity contribution in [2.45, 2.75) is 19.6 Å². The van der Waals surface area contributed by atoms with Crippen LogP contribution in [-0.2, 0) is 17.5 Å². The maximum Gasteiger partial charge on any atom is 0.416 e. The lowest BCUT2D eigenvalue weighted by atomic mass is 10.1. The Morgan fingerprint density at radius 1 is 1.14 bits per heavy atom. The van der Waals surface area contributed by atoms with Crippen molar-refractivity contribution >= 4 is 34.0 Å². The van der Waals surface area contributed by atoms with Crippen molar-refractivity contribution in [3.63, 3.8) is 0 Å². The fraction of sp³-hybridized carbons (Fsp3) is 0.375. The third kappa shape index (κ3) is 5.40. The zero-order valence-electron chi connectivity index (χ0n) is 19.7. The molecule has 0 unspecified atom stereocenters. The molecule has 1 aliphatic heterocycles. The van der Waals surface area contributed by atoms with Gasteiger partial charge in [0, 0.05) is 50.5 Å². The van der Waals surface area contributed by atoms with E-state index in [4.69, 9.17) is 10.5 Å². The minimum atomic E-state index is -4.49. The molecule has 1 aliphatic rings. The number of amides is 1. The SMILES string of the molecule is Cc1nc(NCc2cc(N)cc(C(F)(F)F)c2)c2cc(N(C)C)c(C(=O)N3CCOCC3)cc2n1. The smallest absolute Gasteiger partial charge is 0.399 e. The summed E-state index contributed by atoms with van der Waals surface area (Å²) in [4.78, 5) is 25.8. The molecule has 35 heavy (non-hydrogen) atoms. The van der Waals surface area contributed by atoms with E-state index < -0.39 is 11.7 Å². The summed E-state index contributed by atoms with van der Waals surface area (Å²) in [6.07, 6.45) is -4.49. The molecule has 0 saturated carbocycles. The number of nitrogen functional groups attached to an aromatic ring is 1. The molecule has 1 aromatic heterocycles. The van der Waals surface area contributed by atoms with Crippen molar-refractivity contribution in [3.05, 3.63) is 52.8 Å². The number of aromatic nitrogens is 2. The van der Waals surface area contributed by atoms with Crippen molar-refractivity contribution in [2.75, 3.05) is 56.3 Å². The van der Waals surface area contributed by atoms with E-state index >= 15 is 0 Å². The highest BCUT2D eigenvalue weighted by atomic mass is 19.4. The molecular formula is C24H27F3N6O2. The van der Waals surface area contributed by atoms with Gasteiger partial charge in [0.05, 0.1) is 29.9 Å². The van der Waals surface area contributed by atoms with Crippen LogP contribution < -0.4 is 16.0 Å². The van der Waals surface area contributed by atoms with Crippen molar-refractivity contribution in [2.24, 2.45) is 0 Å². The number of aryl methyl sites for hydroxylation is 1. The fourth-order valence-electron chi connectivity index (χ4n) is 4.06. The lowest BCUT2D eigenvalue weighted by molar-refractivity contribution is -0.137. The van der Waals surface area contributed by atoms with Gasteiger partial charge in [0.1, 0.15) is 11.6 Å². The Hall–Kier alpha value is -3.60. The Balaban J connectivity index is 1.71. The van der Waals surface area contributed by atoms with E-state index in [-0.39, 0.29) is 18.1 Å². The van der Waals surface area contributed by atoms with E-state index in [0.29, 0.717) is 65.7 Å². The molecule has 0 bridgehead atoms. The van der Waals surface area contributed by atoms with Gasteiger partial charge >= 0.3 is 6.18 Å². The minimum Gasteiger partial charge on any atom is -0.399 e. The Bertz CT molecular complexity index is 1260. The third-order valence-electron chi connectivity index (χ3n) is 5.74. The Labute approximate surface area is 200 Å². The van der Waals surface area contributed by atoms with Crippen LogP contribution in [-0.4, -0.2) is 61.2 Å². The molecule has 8 nitrogen and oxygen atoms in total.